The van der Waals surface area contributed by atoms with E-state index in [1.807, 2.05) is 22.9 Å². The topological polar surface area (TPSA) is 72.9 Å². The van der Waals surface area contributed by atoms with E-state index < -0.39 is 0 Å². The van der Waals surface area contributed by atoms with Crippen LogP contribution in [0.2, 0.25) is 0 Å². The van der Waals surface area contributed by atoms with Gasteiger partial charge in [0, 0.05) is 31.2 Å². The average molecular weight is 244 g/mol. The van der Waals surface area contributed by atoms with E-state index >= 15 is 0 Å². The van der Waals surface area contributed by atoms with Gasteiger partial charge in [0.15, 0.2) is 0 Å². The normalized spacial score (nSPS) is 10.2. The third kappa shape index (κ3) is 3.62. The van der Waals surface area contributed by atoms with Gasteiger partial charge in [-0.05, 0) is 17.7 Å². The fraction of sp³-hybridized carbons (Fsp3) is 0.231. The van der Waals surface area contributed by atoms with Gasteiger partial charge in [-0.25, -0.2) is 4.98 Å². The molecule has 18 heavy (non-hydrogen) atoms. The molecule has 5 nitrogen and oxygen atoms in total. The van der Waals surface area contributed by atoms with E-state index in [-0.39, 0.29) is 5.91 Å². The minimum Gasteiger partial charge on any atom is -0.399 e. The van der Waals surface area contributed by atoms with Crippen LogP contribution in [0.25, 0.3) is 0 Å². The van der Waals surface area contributed by atoms with Gasteiger partial charge in [0.05, 0.1) is 12.7 Å². The zero-order valence-corrected chi connectivity index (χ0v) is 10.0. The Bertz CT molecular complexity index is 490. The zero-order chi connectivity index (χ0) is 12.8. The summed E-state index contributed by atoms with van der Waals surface area (Å²) in [7, 11) is 0. The summed E-state index contributed by atoms with van der Waals surface area (Å²) in [5.74, 6) is 0.0138. The molecule has 1 aromatic heterocycles. The molecular weight excluding hydrogens is 228 g/mol. The van der Waals surface area contributed by atoms with E-state index in [1.54, 1.807) is 24.7 Å². The number of benzene rings is 1. The first-order chi connectivity index (χ1) is 8.74. The molecule has 0 aliphatic heterocycles. The predicted octanol–water partition coefficient (Wildman–Crippen LogP) is 0.824. The number of amides is 1. The molecule has 0 radical (unpaired) electrons. The number of imidazole rings is 1. The Balaban J connectivity index is 1.73. The second-order valence-corrected chi connectivity index (χ2v) is 4.07. The average Bonchev–Trinajstić information content (AvgIpc) is 2.85. The second-order valence-electron chi connectivity index (χ2n) is 4.07. The van der Waals surface area contributed by atoms with Gasteiger partial charge in [-0.1, -0.05) is 12.1 Å². The van der Waals surface area contributed by atoms with Gasteiger partial charge in [-0.3, -0.25) is 4.79 Å². The van der Waals surface area contributed by atoms with Crippen LogP contribution >= 0.6 is 0 Å². The summed E-state index contributed by atoms with van der Waals surface area (Å²) in [6, 6.07) is 7.33. The lowest BCUT2D eigenvalue weighted by atomic mass is 10.1. The van der Waals surface area contributed by atoms with Crippen LogP contribution in [-0.2, 0) is 17.8 Å². The van der Waals surface area contributed by atoms with Crippen LogP contribution in [0.5, 0.6) is 0 Å². The molecule has 1 heterocycles. The Kier molecular flexibility index (Phi) is 3.96. The van der Waals surface area contributed by atoms with Gasteiger partial charge in [0.25, 0.3) is 0 Å². The van der Waals surface area contributed by atoms with Crippen molar-refractivity contribution in [2.24, 2.45) is 0 Å². The summed E-state index contributed by atoms with van der Waals surface area (Å²) in [4.78, 5) is 15.6. The Morgan fingerprint density at radius 2 is 2.11 bits per heavy atom. The highest BCUT2D eigenvalue weighted by Crippen LogP contribution is 2.05. The van der Waals surface area contributed by atoms with E-state index in [0.29, 0.717) is 18.7 Å². The first-order valence-corrected chi connectivity index (χ1v) is 5.81. The lowest BCUT2D eigenvalue weighted by molar-refractivity contribution is -0.120. The molecular formula is C13H16N4O. The maximum absolute atomic E-state index is 11.7. The van der Waals surface area contributed by atoms with E-state index in [0.717, 1.165) is 12.1 Å². The SMILES string of the molecule is Nc1ccc(CC(=O)NCCn2ccnc2)cc1. The quantitative estimate of drug-likeness (QED) is 0.765. The van der Waals surface area contributed by atoms with Gasteiger partial charge in [-0.15, -0.1) is 0 Å². The van der Waals surface area contributed by atoms with Crippen LogP contribution in [0.1, 0.15) is 5.56 Å². The molecule has 0 aliphatic carbocycles. The highest BCUT2D eigenvalue weighted by molar-refractivity contribution is 5.78. The molecule has 3 N–H and O–H groups in total. The van der Waals surface area contributed by atoms with E-state index in [2.05, 4.69) is 10.3 Å². The van der Waals surface area contributed by atoms with E-state index in [9.17, 15) is 4.79 Å². The monoisotopic (exact) mass is 244 g/mol. The number of nitrogens with two attached hydrogens (primary N) is 1. The first kappa shape index (κ1) is 12.2. The number of aromatic nitrogens is 2. The Labute approximate surface area is 106 Å². The van der Waals surface area contributed by atoms with Crippen molar-refractivity contribution in [1.82, 2.24) is 14.9 Å². The van der Waals surface area contributed by atoms with Crippen molar-refractivity contribution in [1.29, 1.82) is 0 Å². The summed E-state index contributed by atoms with van der Waals surface area (Å²) in [5.41, 5.74) is 7.25. The zero-order valence-electron chi connectivity index (χ0n) is 10.0. The molecule has 0 unspecified atom stereocenters. The molecule has 0 spiro atoms. The van der Waals surface area contributed by atoms with Crippen LogP contribution in [0.3, 0.4) is 0 Å². The van der Waals surface area contributed by atoms with Crippen LogP contribution in [0.15, 0.2) is 43.0 Å². The highest BCUT2D eigenvalue weighted by atomic mass is 16.1. The number of hydrogen-bond acceptors (Lipinski definition) is 3. The lowest BCUT2D eigenvalue weighted by Gasteiger charge is -2.06. The van der Waals surface area contributed by atoms with E-state index in [1.165, 1.54) is 0 Å². The summed E-state index contributed by atoms with van der Waals surface area (Å²) in [6.45, 7) is 1.33. The second kappa shape index (κ2) is 5.86. The molecule has 2 rings (SSSR count). The van der Waals surface area contributed by atoms with Gasteiger partial charge < -0.3 is 15.6 Å². The highest BCUT2D eigenvalue weighted by Gasteiger charge is 2.02. The smallest absolute Gasteiger partial charge is 0.224 e. The molecule has 0 saturated heterocycles. The van der Waals surface area contributed by atoms with Crippen LogP contribution in [-0.4, -0.2) is 22.0 Å². The Morgan fingerprint density at radius 1 is 1.33 bits per heavy atom. The minimum atomic E-state index is 0.0138. The van der Waals surface area contributed by atoms with Gasteiger partial charge in [0.1, 0.15) is 0 Å². The van der Waals surface area contributed by atoms with Crippen LogP contribution < -0.4 is 11.1 Å². The van der Waals surface area contributed by atoms with Gasteiger partial charge >= 0.3 is 0 Å². The fourth-order valence-electron chi connectivity index (χ4n) is 1.63. The lowest BCUT2D eigenvalue weighted by Crippen LogP contribution is -2.28. The number of nitrogen functional groups attached to an aromatic ring is 1. The molecule has 2 aromatic rings. The predicted molar refractivity (Wildman–Crippen MR) is 69.8 cm³/mol. The molecule has 0 saturated carbocycles. The maximum Gasteiger partial charge on any atom is 0.224 e. The first-order valence-electron chi connectivity index (χ1n) is 5.81. The van der Waals surface area contributed by atoms with Crippen molar-refractivity contribution >= 4 is 11.6 Å². The molecule has 1 amide bonds. The summed E-state index contributed by atoms with van der Waals surface area (Å²) in [6.07, 6.45) is 5.69. The van der Waals surface area contributed by atoms with Crippen molar-refractivity contribution in [2.45, 2.75) is 13.0 Å². The van der Waals surface area contributed by atoms with Crippen molar-refractivity contribution in [3.63, 3.8) is 0 Å². The number of carbonyl (C=O) groups excluding carboxylic acids is 1. The summed E-state index contributed by atoms with van der Waals surface area (Å²) < 4.78 is 1.92. The number of anilines is 1. The molecule has 0 atom stereocenters. The van der Waals surface area contributed by atoms with Crippen LogP contribution in [0, 0.1) is 0 Å². The third-order valence-electron chi connectivity index (χ3n) is 2.60. The summed E-state index contributed by atoms with van der Waals surface area (Å²) in [5, 5.41) is 2.87. The molecule has 5 heteroatoms. The van der Waals surface area contributed by atoms with Crippen molar-refractivity contribution in [3.05, 3.63) is 48.5 Å². The molecule has 1 aromatic carbocycles. The number of rotatable bonds is 5. The van der Waals surface area contributed by atoms with Crippen molar-refractivity contribution < 1.29 is 4.79 Å². The molecule has 0 fully saturated rings. The largest absolute Gasteiger partial charge is 0.399 e. The number of nitrogens with one attached hydrogen (secondary N) is 1. The standard InChI is InChI=1S/C13H16N4O/c14-12-3-1-11(2-4-12)9-13(18)16-6-8-17-7-5-15-10-17/h1-5,7,10H,6,8-9,14H2,(H,16,18). The number of nitrogens with zero attached hydrogens (tertiary/aromatic N) is 2. The molecule has 0 bridgehead atoms. The molecule has 94 valence electrons. The third-order valence-corrected chi connectivity index (χ3v) is 2.60. The van der Waals surface area contributed by atoms with Gasteiger partial charge in [-0.2, -0.15) is 0 Å². The van der Waals surface area contributed by atoms with Crippen molar-refractivity contribution in [3.8, 4) is 0 Å². The minimum absolute atomic E-state index is 0.0138. The number of carbonyl (C=O) groups is 1. The van der Waals surface area contributed by atoms with Crippen molar-refractivity contribution in [2.75, 3.05) is 12.3 Å². The fourth-order valence-corrected chi connectivity index (χ4v) is 1.63. The molecule has 0 aliphatic rings. The Morgan fingerprint density at radius 3 is 2.78 bits per heavy atom. The Hall–Kier alpha value is -2.30. The van der Waals surface area contributed by atoms with Crippen LogP contribution in [0.4, 0.5) is 5.69 Å². The van der Waals surface area contributed by atoms with Gasteiger partial charge in [0.2, 0.25) is 5.91 Å². The van der Waals surface area contributed by atoms with E-state index in [4.69, 9.17) is 5.73 Å². The maximum atomic E-state index is 11.7. The number of hydrogen-bond donors (Lipinski definition) is 2. The summed E-state index contributed by atoms with van der Waals surface area (Å²) >= 11 is 0.